The summed E-state index contributed by atoms with van der Waals surface area (Å²) < 4.78 is 0. The maximum absolute atomic E-state index is 10.5. The van der Waals surface area contributed by atoms with Crippen LogP contribution in [0.3, 0.4) is 0 Å². The van der Waals surface area contributed by atoms with E-state index in [0.29, 0.717) is 0 Å². The molecule has 12 heavy (non-hydrogen) atoms. The number of nitrogen functional groups attached to an aromatic ring is 1. The van der Waals surface area contributed by atoms with E-state index in [1.165, 1.54) is 18.2 Å². The minimum atomic E-state index is -0.664. The number of nitrogens with two attached hydrogens (primary N) is 1. The van der Waals surface area contributed by atoms with Crippen LogP contribution in [0.4, 0.5) is 11.4 Å². The highest BCUT2D eigenvalue weighted by molar-refractivity contribution is 5.57. The molecule has 0 spiro atoms. The Bertz CT molecular complexity index is 312. The summed E-state index contributed by atoms with van der Waals surface area (Å²) in [6, 6.07) is 4.19. The second-order valence-corrected chi connectivity index (χ2v) is 2.25. The van der Waals surface area contributed by atoms with Gasteiger partial charge in [0.25, 0.3) is 5.69 Å². The Kier molecular flexibility index (Phi) is 2.25. The first-order valence-corrected chi connectivity index (χ1v) is 3.26. The van der Waals surface area contributed by atoms with Gasteiger partial charge in [-0.1, -0.05) is 6.07 Å². The topological polar surface area (TPSA) is 89.1 Å². The quantitative estimate of drug-likeness (QED) is 0.406. The fraction of sp³-hybridized carbons (Fsp3) is 0.143. The molecule has 0 aliphatic carbocycles. The van der Waals surface area contributed by atoms with E-state index < -0.39 is 11.5 Å². The highest BCUT2D eigenvalue weighted by Gasteiger charge is 2.14. The molecule has 0 atom stereocenters. The second-order valence-electron chi connectivity index (χ2n) is 2.25. The Morgan fingerprint density at radius 1 is 1.50 bits per heavy atom. The van der Waals surface area contributed by atoms with Gasteiger partial charge >= 0.3 is 0 Å². The first-order valence-electron chi connectivity index (χ1n) is 3.26. The zero-order valence-corrected chi connectivity index (χ0v) is 6.19. The first-order chi connectivity index (χ1) is 5.66. The Labute approximate surface area is 68.6 Å². The summed E-state index contributed by atoms with van der Waals surface area (Å²) in [5.74, 6) is 0. The van der Waals surface area contributed by atoms with Gasteiger partial charge in [-0.15, -0.1) is 0 Å². The maximum Gasteiger partial charge on any atom is 0.277 e. The summed E-state index contributed by atoms with van der Waals surface area (Å²) in [4.78, 5) is 9.74. The van der Waals surface area contributed by atoms with E-state index >= 15 is 0 Å². The summed E-state index contributed by atoms with van der Waals surface area (Å²) in [6.45, 7) is -0.664. The van der Waals surface area contributed by atoms with Crippen molar-refractivity contribution in [3.63, 3.8) is 0 Å². The third kappa shape index (κ3) is 1.35. The molecule has 2 N–H and O–H groups in total. The summed E-state index contributed by atoms with van der Waals surface area (Å²) in [5, 5.41) is 20.8. The molecule has 1 rings (SSSR count). The Morgan fingerprint density at radius 3 is 2.58 bits per heavy atom. The number of hydrogen-bond acceptors (Lipinski definition) is 3. The van der Waals surface area contributed by atoms with Crippen LogP contribution in [0.2, 0.25) is 0 Å². The molecule has 5 heteroatoms. The van der Waals surface area contributed by atoms with E-state index in [9.17, 15) is 15.2 Å². The predicted molar refractivity (Wildman–Crippen MR) is 41.9 cm³/mol. The molecule has 0 bridgehead atoms. The lowest BCUT2D eigenvalue weighted by Gasteiger charge is -2.00. The van der Waals surface area contributed by atoms with Gasteiger partial charge < -0.3 is 5.73 Å². The molecule has 0 amide bonds. The molecule has 0 saturated carbocycles. The number of hydrogen-bond donors (Lipinski definition) is 1. The van der Waals surface area contributed by atoms with Crippen LogP contribution in [0, 0.1) is 10.1 Å². The van der Waals surface area contributed by atoms with Gasteiger partial charge in [0, 0.05) is 11.8 Å². The van der Waals surface area contributed by atoms with Crippen molar-refractivity contribution >= 4 is 11.4 Å². The minimum absolute atomic E-state index is 0.0579. The van der Waals surface area contributed by atoms with Crippen molar-refractivity contribution in [3.05, 3.63) is 33.9 Å². The fourth-order valence-corrected chi connectivity index (χ4v) is 0.920. The van der Waals surface area contributed by atoms with E-state index in [1.807, 2.05) is 0 Å². The van der Waals surface area contributed by atoms with E-state index in [1.54, 1.807) is 0 Å². The molecule has 1 radical (unpaired) electrons. The highest BCUT2D eigenvalue weighted by Crippen LogP contribution is 2.23. The normalized spacial score (nSPS) is 9.75. The molecule has 63 valence electrons. The van der Waals surface area contributed by atoms with Crippen molar-refractivity contribution in [2.24, 2.45) is 0 Å². The fourth-order valence-electron chi connectivity index (χ4n) is 0.920. The molecule has 0 saturated heterocycles. The zero-order valence-electron chi connectivity index (χ0n) is 6.19. The number of nitro groups is 1. The van der Waals surface area contributed by atoms with Crippen LogP contribution in [0.25, 0.3) is 0 Å². The summed E-state index contributed by atoms with van der Waals surface area (Å²) in [5.41, 5.74) is 5.40. The monoisotopic (exact) mass is 167 g/mol. The van der Waals surface area contributed by atoms with E-state index in [4.69, 9.17) is 5.73 Å². The highest BCUT2D eigenvalue weighted by atomic mass is 16.6. The van der Waals surface area contributed by atoms with Crippen LogP contribution >= 0.6 is 0 Å². The minimum Gasteiger partial charge on any atom is -0.398 e. The third-order valence-electron chi connectivity index (χ3n) is 1.53. The lowest BCUT2D eigenvalue weighted by atomic mass is 10.1. The van der Waals surface area contributed by atoms with Gasteiger partial charge in [0.15, 0.2) is 0 Å². The molecule has 0 heterocycles. The largest absolute Gasteiger partial charge is 0.398 e. The average molecular weight is 167 g/mol. The van der Waals surface area contributed by atoms with Gasteiger partial charge in [-0.05, 0) is 6.07 Å². The summed E-state index contributed by atoms with van der Waals surface area (Å²) in [7, 11) is 0. The predicted octanol–water partition coefficient (Wildman–Crippen LogP) is 1.11. The second kappa shape index (κ2) is 3.19. The van der Waals surface area contributed by atoms with Gasteiger partial charge in [-0.25, -0.2) is 5.11 Å². The van der Waals surface area contributed by atoms with Crippen molar-refractivity contribution in [1.82, 2.24) is 0 Å². The van der Waals surface area contributed by atoms with Gasteiger partial charge in [0.05, 0.1) is 10.5 Å². The van der Waals surface area contributed by atoms with Gasteiger partial charge in [-0.3, -0.25) is 10.1 Å². The van der Waals surface area contributed by atoms with Crippen LogP contribution in [0.15, 0.2) is 18.2 Å². The number of benzene rings is 1. The van der Waals surface area contributed by atoms with Crippen LogP contribution in [0.1, 0.15) is 5.56 Å². The summed E-state index contributed by atoms with van der Waals surface area (Å²) >= 11 is 0. The average Bonchev–Trinajstić information content (AvgIpc) is 2.03. The summed E-state index contributed by atoms with van der Waals surface area (Å²) in [6.07, 6.45) is 0. The van der Waals surface area contributed by atoms with E-state index in [0.717, 1.165) is 0 Å². The molecule has 0 aliphatic rings. The molecule has 1 aromatic rings. The third-order valence-corrected chi connectivity index (χ3v) is 1.53. The van der Waals surface area contributed by atoms with Gasteiger partial charge in [0.1, 0.15) is 6.61 Å². The number of nitrogens with zero attached hydrogens (tertiary/aromatic N) is 1. The molecule has 0 aliphatic heterocycles. The SMILES string of the molecule is Nc1cccc([N+](=O)[O-])c1C[O]. The van der Waals surface area contributed by atoms with Crippen LogP contribution in [-0.4, -0.2) is 4.92 Å². The van der Waals surface area contributed by atoms with Crippen molar-refractivity contribution in [2.45, 2.75) is 6.61 Å². The smallest absolute Gasteiger partial charge is 0.277 e. The van der Waals surface area contributed by atoms with Crippen LogP contribution < -0.4 is 5.73 Å². The zero-order chi connectivity index (χ0) is 9.14. The van der Waals surface area contributed by atoms with Crippen LogP contribution in [0.5, 0.6) is 0 Å². The number of anilines is 1. The van der Waals surface area contributed by atoms with Crippen molar-refractivity contribution < 1.29 is 10.0 Å². The lowest BCUT2D eigenvalue weighted by molar-refractivity contribution is -0.385. The lowest BCUT2D eigenvalue weighted by Crippen LogP contribution is -1.99. The van der Waals surface area contributed by atoms with Crippen molar-refractivity contribution in [1.29, 1.82) is 0 Å². The Hall–Kier alpha value is -1.62. The van der Waals surface area contributed by atoms with Gasteiger partial charge in [0.2, 0.25) is 0 Å². The maximum atomic E-state index is 10.5. The standard InChI is InChI=1S/C7H7N2O3/c8-6-2-1-3-7(9(11)12)5(6)4-10/h1-3H,4,8H2. The Morgan fingerprint density at radius 2 is 2.17 bits per heavy atom. The van der Waals surface area contributed by atoms with Crippen molar-refractivity contribution in [3.8, 4) is 0 Å². The van der Waals surface area contributed by atoms with Crippen LogP contribution in [-0.2, 0) is 11.7 Å². The molecular formula is C7H7N2O3. The van der Waals surface area contributed by atoms with E-state index in [-0.39, 0.29) is 16.9 Å². The molecule has 0 fully saturated rings. The molecular weight excluding hydrogens is 160 g/mol. The molecule has 0 unspecified atom stereocenters. The first kappa shape index (κ1) is 8.48. The van der Waals surface area contributed by atoms with Gasteiger partial charge in [-0.2, -0.15) is 0 Å². The van der Waals surface area contributed by atoms with Crippen molar-refractivity contribution in [2.75, 3.05) is 5.73 Å². The number of nitro benzene ring substituents is 1. The molecule has 1 aromatic carbocycles. The number of rotatable bonds is 2. The van der Waals surface area contributed by atoms with E-state index in [2.05, 4.69) is 0 Å². The molecule has 5 nitrogen and oxygen atoms in total. The molecule has 0 aromatic heterocycles. The Balaban J connectivity index is 3.27.